The molecule has 0 aliphatic rings. The summed E-state index contributed by atoms with van der Waals surface area (Å²) in [7, 11) is 0. The molecule has 120 valence electrons. The van der Waals surface area contributed by atoms with Crippen LogP contribution in [0.5, 0.6) is 5.75 Å². The number of ether oxygens (including phenoxy) is 1. The topological polar surface area (TPSA) is 81.5 Å². The third kappa shape index (κ3) is 4.06. The summed E-state index contributed by atoms with van der Waals surface area (Å²) >= 11 is 0. The predicted molar refractivity (Wildman–Crippen MR) is 87.7 cm³/mol. The number of nitro benzene ring substituents is 1. The number of non-ortho nitro benzene ring substituents is 1. The van der Waals surface area contributed by atoms with E-state index in [1.807, 2.05) is 32.0 Å². The molecule has 1 amide bonds. The number of rotatable bonds is 5. The Morgan fingerprint density at radius 1 is 1.17 bits per heavy atom. The second kappa shape index (κ2) is 6.91. The number of benzene rings is 2. The van der Waals surface area contributed by atoms with Crippen LogP contribution in [0.3, 0.4) is 0 Å². The molecule has 0 aliphatic heterocycles. The van der Waals surface area contributed by atoms with Gasteiger partial charge in [-0.1, -0.05) is 12.1 Å². The Morgan fingerprint density at radius 2 is 1.83 bits per heavy atom. The van der Waals surface area contributed by atoms with E-state index in [1.54, 1.807) is 6.92 Å². The first-order valence-corrected chi connectivity index (χ1v) is 7.16. The van der Waals surface area contributed by atoms with Gasteiger partial charge in [-0.2, -0.15) is 0 Å². The van der Waals surface area contributed by atoms with Crippen LogP contribution in [0, 0.1) is 24.0 Å². The average molecular weight is 314 g/mol. The number of nitro groups is 1. The van der Waals surface area contributed by atoms with E-state index < -0.39 is 11.0 Å². The van der Waals surface area contributed by atoms with Crippen LogP contribution in [0.25, 0.3) is 0 Å². The van der Waals surface area contributed by atoms with Crippen molar-refractivity contribution in [1.29, 1.82) is 0 Å². The lowest BCUT2D eigenvalue weighted by Gasteiger charge is -2.16. The first kappa shape index (κ1) is 16.5. The zero-order valence-corrected chi connectivity index (χ0v) is 13.2. The Labute approximate surface area is 134 Å². The largest absolute Gasteiger partial charge is 0.481 e. The standard InChI is InChI=1S/C17H18N2O4/c1-11-5-4-6-16(12(11)2)18-17(20)13(3)23-15-9-7-14(8-10-15)19(21)22/h4-10,13H,1-3H3,(H,18,20). The minimum atomic E-state index is -0.726. The highest BCUT2D eigenvalue weighted by Crippen LogP contribution is 2.20. The zero-order valence-electron chi connectivity index (χ0n) is 13.2. The summed E-state index contributed by atoms with van der Waals surface area (Å²) in [6.07, 6.45) is -0.726. The van der Waals surface area contributed by atoms with Gasteiger partial charge in [-0.25, -0.2) is 0 Å². The van der Waals surface area contributed by atoms with Crippen LogP contribution in [-0.4, -0.2) is 16.9 Å². The van der Waals surface area contributed by atoms with Crippen molar-refractivity contribution in [3.63, 3.8) is 0 Å². The Hall–Kier alpha value is -2.89. The molecule has 6 nitrogen and oxygen atoms in total. The first-order chi connectivity index (χ1) is 10.9. The minimum Gasteiger partial charge on any atom is -0.481 e. The van der Waals surface area contributed by atoms with Crippen molar-refractivity contribution in [2.24, 2.45) is 0 Å². The van der Waals surface area contributed by atoms with Crippen LogP contribution >= 0.6 is 0 Å². The number of carbonyl (C=O) groups excluding carboxylic acids is 1. The molecule has 23 heavy (non-hydrogen) atoms. The fourth-order valence-electron chi connectivity index (χ4n) is 2.02. The number of nitrogens with one attached hydrogen (secondary N) is 1. The molecule has 0 heterocycles. The molecule has 2 aromatic carbocycles. The summed E-state index contributed by atoms with van der Waals surface area (Å²) in [4.78, 5) is 22.3. The monoisotopic (exact) mass is 314 g/mol. The molecule has 0 radical (unpaired) electrons. The van der Waals surface area contributed by atoms with Crippen molar-refractivity contribution in [2.75, 3.05) is 5.32 Å². The molecule has 0 saturated heterocycles. The third-order valence-corrected chi connectivity index (χ3v) is 3.59. The smallest absolute Gasteiger partial charge is 0.269 e. The van der Waals surface area contributed by atoms with Gasteiger partial charge in [-0.05, 0) is 50.1 Å². The zero-order chi connectivity index (χ0) is 17.0. The summed E-state index contributed by atoms with van der Waals surface area (Å²) in [5, 5.41) is 13.4. The van der Waals surface area contributed by atoms with Gasteiger partial charge >= 0.3 is 0 Å². The van der Waals surface area contributed by atoms with Crippen LogP contribution in [0.4, 0.5) is 11.4 Å². The van der Waals surface area contributed by atoms with Gasteiger partial charge in [0.15, 0.2) is 6.10 Å². The maximum absolute atomic E-state index is 12.2. The van der Waals surface area contributed by atoms with E-state index in [9.17, 15) is 14.9 Å². The van der Waals surface area contributed by atoms with Gasteiger partial charge in [-0.15, -0.1) is 0 Å². The number of aryl methyl sites for hydroxylation is 1. The van der Waals surface area contributed by atoms with Gasteiger partial charge in [0.2, 0.25) is 0 Å². The van der Waals surface area contributed by atoms with Gasteiger partial charge in [0.05, 0.1) is 4.92 Å². The van der Waals surface area contributed by atoms with Crippen molar-refractivity contribution in [2.45, 2.75) is 26.9 Å². The third-order valence-electron chi connectivity index (χ3n) is 3.59. The van der Waals surface area contributed by atoms with Crippen LogP contribution in [0.1, 0.15) is 18.1 Å². The van der Waals surface area contributed by atoms with Gasteiger partial charge in [0.1, 0.15) is 5.75 Å². The Kier molecular flexibility index (Phi) is 4.95. The van der Waals surface area contributed by atoms with Crippen molar-refractivity contribution < 1.29 is 14.5 Å². The van der Waals surface area contributed by atoms with Crippen LogP contribution in [0.2, 0.25) is 0 Å². The lowest BCUT2D eigenvalue weighted by molar-refractivity contribution is -0.384. The van der Waals surface area contributed by atoms with Crippen molar-refractivity contribution in [3.05, 3.63) is 63.7 Å². The van der Waals surface area contributed by atoms with E-state index in [0.29, 0.717) is 5.75 Å². The molecule has 0 spiro atoms. The summed E-state index contributed by atoms with van der Waals surface area (Å²) < 4.78 is 5.52. The van der Waals surface area contributed by atoms with Crippen LogP contribution < -0.4 is 10.1 Å². The number of hydrogen-bond donors (Lipinski definition) is 1. The van der Waals surface area contributed by atoms with E-state index in [0.717, 1.165) is 16.8 Å². The van der Waals surface area contributed by atoms with Crippen LogP contribution in [-0.2, 0) is 4.79 Å². The lowest BCUT2D eigenvalue weighted by Crippen LogP contribution is -2.30. The van der Waals surface area contributed by atoms with Gasteiger partial charge in [0, 0.05) is 17.8 Å². The van der Waals surface area contributed by atoms with Gasteiger partial charge in [-0.3, -0.25) is 14.9 Å². The Morgan fingerprint density at radius 3 is 2.43 bits per heavy atom. The second-order valence-corrected chi connectivity index (χ2v) is 5.25. The molecular formula is C17H18N2O4. The fraction of sp³-hybridized carbons (Fsp3) is 0.235. The van der Waals surface area contributed by atoms with E-state index in [4.69, 9.17) is 4.74 Å². The number of carbonyl (C=O) groups is 1. The molecular weight excluding hydrogens is 296 g/mol. The molecule has 0 bridgehead atoms. The summed E-state index contributed by atoms with van der Waals surface area (Å²) in [6.45, 7) is 5.54. The molecule has 0 aliphatic carbocycles. The fourth-order valence-corrected chi connectivity index (χ4v) is 2.02. The number of amides is 1. The van der Waals surface area contributed by atoms with Crippen LogP contribution in [0.15, 0.2) is 42.5 Å². The Balaban J connectivity index is 2.02. The van der Waals surface area contributed by atoms with E-state index in [-0.39, 0.29) is 11.6 Å². The second-order valence-electron chi connectivity index (χ2n) is 5.25. The van der Waals surface area contributed by atoms with Gasteiger partial charge < -0.3 is 10.1 Å². The molecule has 1 unspecified atom stereocenters. The molecule has 0 fully saturated rings. The van der Waals surface area contributed by atoms with Gasteiger partial charge in [0.25, 0.3) is 11.6 Å². The average Bonchev–Trinajstić information content (AvgIpc) is 2.52. The maximum Gasteiger partial charge on any atom is 0.269 e. The van der Waals surface area contributed by atoms with E-state index in [2.05, 4.69) is 5.32 Å². The number of hydrogen-bond acceptors (Lipinski definition) is 4. The highest BCUT2D eigenvalue weighted by molar-refractivity contribution is 5.94. The highest BCUT2D eigenvalue weighted by Gasteiger charge is 2.16. The Bertz CT molecular complexity index is 726. The predicted octanol–water partition coefficient (Wildman–Crippen LogP) is 3.62. The van der Waals surface area contributed by atoms with Crippen molar-refractivity contribution in [3.8, 4) is 5.75 Å². The molecule has 6 heteroatoms. The molecule has 2 rings (SSSR count). The molecule has 1 atom stereocenters. The van der Waals surface area contributed by atoms with E-state index >= 15 is 0 Å². The summed E-state index contributed by atoms with van der Waals surface area (Å²) in [5.74, 6) is 0.122. The normalized spacial score (nSPS) is 11.6. The quantitative estimate of drug-likeness (QED) is 0.675. The lowest BCUT2D eigenvalue weighted by atomic mass is 10.1. The van der Waals surface area contributed by atoms with Crippen molar-refractivity contribution in [1.82, 2.24) is 0 Å². The van der Waals surface area contributed by atoms with E-state index in [1.165, 1.54) is 24.3 Å². The molecule has 2 aromatic rings. The maximum atomic E-state index is 12.2. The summed E-state index contributed by atoms with van der Waals surface area (Å²) in [6, 6.07) is 11.3. The first-order valence-electron chi connectivity index (χ1n) is 7.16. The van der Waals surface area contributed by atoms with Crippen molar-refractivity contribution >= 4 is 17.3 Å². The summed E-state index contributed by atoms with van der Waals surface area (Å²) in [5.41, 5.74) is 2.81. The molecule has 0 saturated carbocycles. The molecule has 1 N–H and O–H groups in total. The molecule has 0 aromatic heterocycles. The minimum absolute atomic E-state index is 0.0233. The number of nitrogens with zero attached hydrogens (tertiary/aromatic N) is 1. The number of anilines is 1. The SMILES string of the molecule is Cc1cccc(NC(=O)C(C)Oc2ccc([N+](=O)[O-])cc2)c1C. The highest BCUT2D eigenvalue weighted by atomic mass is 16.6.